The van der Waals surface area contributed by atoms with Crippen LogP contribution in [0.3, 0.4) is 0 Å². The van der Waals surface area contributed by atoms with Crippen LogP contribution in [-0.2, 0) is 24.3 Å². The van der Waals surface area contributed by atoms with E-state index < -0.39 is 39.8 Å². The van der Waals surface area contributed by atoms with Crippen molar-refractivity contribution in [3.8, 4) is 0 Å². The standard InChI is InChI=1S/C17H24N2O6S/c1-17(2,3)25-16(21)19-11-12(10-14(19)15(20)24-4)18-26(22,23)13-8-6-5-7-9-13/h5-9,12,14,18H,10-11H2,1-4H3/t12-,14+/m1/s1. The fourth-order valence-corrected chi connectivity index (χ4v) is 3.95. The molecule has 2 rings (SSSR count). The number of nitrogens with zero attached hydrogens (tertiary/aromatic N) is 1. The molecule has 9 heteroatoms. The highest BCUT2D eigenvalue weighted by atomic mass is 32.2. The number of carbonyl (C=O) groups excluding carboxylic acids is 2. The second kappa shape index (κ2) is 7.63. The quantitative estimate of drug-likeness (QED) is 0.790. The molecule has 0 aliphatic carbocycles. The van der Waals surface area contributed by atoms with Crippen LogP contribution in [0.15, 0.2) is 35.2 Å². The first kappa shape index (κ1) is 20.2. The number of methoxy groups -OCH3 is 1. The predicted molar refractivity (Wildman–Crippen MR) is 93.9 cm³/mol. The van der Waals surface area contributed by atoms with Crippen molar-refractivity contribution >= 4 is 22.1 Å². The Kier molecular flexibility index (Phi) is 5.92. The van der Waals surface area contributed by atoms with Crippen molar-refractivity contribution in [1.82, 2.24) is 9.62 Å². The average molecular weight is 384 g/mol. The van der Waals surface area contributed by atoms with Crippen molar-refractivity contribution < 1.29 is 27.5 Å². The lowest BCUT2D eigenvalue weighted by Crippen LogP contribution is -2.44. The summed E-state index contributed by atoms with van der Waals surface area (Å²) < 4.78 is 37.6. The molecule has 0 spiro atoms. The van der Waals surface area contributed by atoms with Gasteiger partial charge < -0.3 is 9.47 Å². The zero-order valence-electron chi connectivity index (χ0n) is 15.3. The highest BCUT2D eigenvalue weighted by Gasteiger charge is 2.43. The van der Waals surface area contributed by atoms with E-state index >= 15 is 0 Å². The maximum absolute atomic E-state index is 12.5. The molecule has 0 unspecified atom stereocenters. The number of hydrogen-bond acceptors (Lipinski definition) is 6. The van der Waals surface area contributed by atoms with Crippen LogP contribution >= 0.6 is 0 Å². The third kappa shape index (κ3) is 4.95. The van der Waals surface area contributed by atoms with Crippen molar-refractivity contribution in [2.24, 2.45) is 0 Å². The second-order valence-corrected chi connectivity index (χ2v) is 8.75. The Morgan fingerprint density at radius 1 is 1.19 bits per heavy atom. The van der Waals surface area contributed by atoms with Crippen LogP contribution in [0, 0.1) is 0 Å². The molecule has 0 radical (unpaired) electrons. The van der Waals surface area contributed by atoms with Crippen molar-refractivity contribution in [3.05, 3.63) is 30.3 Å². The van der Waals surface area contributed by atoms with Gasteiger partial charge in [0.15, 0.2) is 0 Å². The van der Waals surface area contributed by atoms with Crippen molar-refractivity contribution in [2.45, 2.75) is 49.8 Å². The molecule has 26 heavy (non-hydrogen) atoms. The van der Waals surface area contributed by atoms with Crippen molar-refractivity contribution in [2.75, 3.05) is 13.7 Å². The van der Waals surface area contributed by atoms with E-state index in [-0.39, 0.29) is 17.9 Å². The summed E-state index contributed by atoms with van der Waals surface area (Å²) in [6, 6.07) is 6.37. The highest BCUT2D eigenvalue weighted by molar-refractivity contribution is 7.89. The summed E-state index contributed by atoms with van der Waals surface area (Å²) >= 11 is 0. The summed E-state index contributed by atoms with van der Waals surface area (Å²) in [4.78, 5) is 25.7. The van der Waals surface area contributed by atoms with Gasteiger partial charge in [-0.15, -0.1) is 0 Å². The normalized spacial score (nSPS) is 20.7. The van der Waals surface area contributed by atoms with E-state index in [1.807, 2.05) is 0 Å². The van der Waals surface area contributed by atoms with Crippen LogP contribution in [0.1, 0.15) is 27.2 Å². The number of benzene rings is 1. The number of rotatable bonds is 4. The summed E-state index contributed by atoms with van der Waals surface area (Å²) in [5, 5.41) is 0. The number of carbonyl (C=O) groups is 2. The van der Waals surface area contributed by atoms with E-state index in [2.05, 4.69) is 4.72 Å². The number of likely N-dealkylation sites (tertiary alicyclic amines) is 1. The minimum atomic E-state index is -3.76. The third-order valence-corrected chi connectivity index (χ3v) is 5.31. The van der Waals surface area contributed by atoms with Crippen LogP contribution < -0.4 is 4.72 Å². The van der Waals surface area contributed by atoms with E-state index in [0.29, 0.717) is 0 Å². The molecule has 1 aliphatic heterocycles. The van der Waals surface area contributed by atoms with E-state index in [1.165, 1.54) is 24.1 Å². The van der Waals surface area contributed by atoms with Crippen LogP contribution in [0.5, 0.6) is 0 Å². The summed E-state index contributed by atoms with van der Waals surface area (Å²) in [5.74, 6) is -0.614. The molecule has 1 aromatic rings. The molecular weight excluding hydrogens is 360 g/mol. The van der Waals surface area contributed by atoms with Gasteiger partial charge in [-0.3, -0.25) is 4.90 Å². The van der Waals surface area contributed by atoms with Crippen LogP contribution in [0.25, 0.3) is 0 Å². The summed E-state index contributed by atoms with van der Waals surface area (Å²) in [5.41, 5.74) is -0.737. The van der Waals surface area contributed by atoms with Gasteiger partial charge in [-0.25, -0.2) is 22.7 Å². The Hall–Kier alpha value is -2.13. The summed E-state index contributed by atoms with van der Waals surface area (Å²) in [6.07, 6.45) is -0.577. The first-order chi connectivity index (χ1) is 12.0. The third-order valence-electron chi connectivity index (χ3n) is 3.78. The topological polar surface area (TPSA) is 102 Å². The monoisotopic (exact) mass is 384 g/mol. The fraction of sp³-hybridized carbons (Fsp3) is 0.529. The lowest BCUT2D eigenvalue weighted by Gasteiger charge is -2.27. The van der Waals surface area contributed by atoms with E-state index in [0.717, 1.165) is 0 Å². The van der Waals surface area contributed by atoms with E-state index in [4.69, 9.17) is 9.47 Å². The molecule has 1 amide bonds. The minimum absolute atomic E-state index is 0.0146. The van der Waals surface area contributed by atoms with Gasteiger partial charge >= 0.3 is 12.1 Å². The zero-order chi connectivity index (χ0) is 19.5. The molecule has 0 bridgehead atoms. The Morgan fingerprint density at radius 2 is 1.81 bits per heavy atom. The summed E-state index contributed by atoms with van der Waals surface area (Å²) in [7, 11) is -2.55. The highest BCUT2D eigenvalue weighted by Crippen LogP contribution is 2.23. The van der Waals surface area contributed by atoms with Crippen LogP contribution in [0.4, 0.5) is 4.79 Å². The molecule has 1 saturated heterocycles. The molecule has 1 heterocycles. The van der Waals surface area contributed by atoms with Gasteiger partial charge in [-0.05, 0) is 39.3 Å². The largest absolute Gasteiger partial charge is 0.467 e. The predicted octanol–water partition coefficient (Wildman–Crippen LogP) is 1.52. The zero-order valence-corrected chi connectivity index (χ0v) is 16.1. The van der Waals surface area contributed by atoms with Crippen molar-refractivity contribution in [3.63, 3.8) is 0 Å². The SMILES string of the molecule is COC(=O)[C@@H]1C[C@@H](NS(=O)(=O)c2ccccc2)CN1C(=O)OC(C)(C)C. The van der Waals surface area contributed by atoms with Gasteiger partial charge in [0.1, 0.15) is 11.6 Å². The van der Waals surface area contributed by atoms with Gasteiger partial charge in [0.25, 0.3) is 0 Å². The number of ether oxygens (including phenoxy) is 2. The van der Waals surface area contributed by atoms with Gasteiger partial charge in [-0.2, -0.15) is 0 Å². The average Bonchev–Trinajstić information content (AvgIpc) is 2.96. The smallest absolute Gasteiger partial charge is 0.411 e. The number of sulfonamides is 1. The Morgan fingerprint density at radius 3 is 2.35 bits per heavy atom. The molecule has 2 atom stereocenters. The number of nitrogens with one attached hydrogen (secondary N) is 1. The van der Waals surface area contributed by atoms with Gasteiger partial charge in [-0.1, -0.05) is 18.2 Å². The number of hydrogen-bond donors (Lipinski definition) is 1. The van der Waals surface area contributed by atoms with Crippen LogP contribution in [-0.4, -0.2) is 56.7 Å². The Labute approximate surface area is 153 Å². The van der Waals surface area contributed by atoms with Gasteiger partial charge in [0.05, 0.1) is 12.0 Å². The molecule has 1 aliphatic rings. The lowest BCUT2D eigenvalue weighted by molar-refractivity contribution is -0.145. The maximum Gasteiger partial charge on any atom is 0.411 e. The van der Waals surface area contributed by atoms with Crippen molar-refractivity contribution in [1.29, 1.82) is 0 Å². The Balaban J connectivity index is 2.17. The van der Waals surface area contributed by atoms with E-state index in [1.54, 1.807) is 39.0 Å². The lowest BCUT2D eigenvalue weighted by atomic mass is 10.2. The molecule has 8 nitrogen and oxygen atoms in total. The Bertz CT molecular complexity index is 757. The first-order valence-electron chi connectivity index (χ1n) is 8.18. The molecule has 144 valence electrons. The molecule has 0 aromatic heterocycles. The summed E-state index contributed by atoms with van der Waals surface area (Å²) in [6.45, 7) is 5.15. The number of amides is 1. The van der Waals surface area contributed by atoms with Gasteiger partial charge in [0.2, 0.25) is 10.0 Å². The number of esters is 1. The maximum atomic E-state index is 12.5. The molecule has 1 fully saturated rings. The van der Waals surface area contributed by atoms with E-state index in [9.17, 15) is 18.0 Å². The first-order valence-corrected chi connectivity index (χ1v) is 9.66. The van der Waals surface area contributed by atoms with Gasteiger partial charge in [0, 0.05) is 12.6 Å². The molecule has 1 aromatic carbocycles. The fourth-order valence-electron chi connectivity index (χ4n) is 2.69. The minimum Gasteiger partial charge on any atom is -0.467 e. The second-order valence-electron chi connectivity index (χ2n) is 7.04. The van der Waals surface area contributed by atoms with Crippen LogP contribution in [0.2, 0.25) is 0 Å². The molecule has 1 N–H and O–H groups in total. The molecule has 0 saturated carbocycles. The molecular formula is C17H24N2O6S.